The zero-order chi connectivity index (χ0) is 13.7. The van der Waals surface area contributed by atoms with Gasteiger partial charge in [0.25, 0.3) is 0 Å². The molecule has 1 N–H and O–H groups in total. The van der Waals surface area contributed by atoms with Crippen molar-refractivity contribution in [2.45, 2.75) is 39.8 Å². The van der Waals surface area contributed by atoms with Crippen LogP contribution in [0.3, 0.4) is 0 Å². The van der Waals surface area contributed by atoms with Crippen LogP contribution in [0.25, 0.3) is 0 Å². The van der Waals surface area contributed by atoms with Gasteiger partial charge >= 0.3 is 12.1 Å². The van der Waals surface area contributed by atoms with Crippen molar-refractivity contribution >= 4 is 5.97 Å². The number of hydrogen-bond donors (Lipinski definition) is 1. The summed E-state index contributed by atoms with van der Waals surface area (Å²) >= 11 is 0. The Labute approximate surface area is 99.0 Å². The maximum Gasteiger partial charge on any atom is 0.411 e. The average Bonchev–Trinajstić information content (AvgIpc) is 2.14. The molecule has 0 bridgehead atoms. The predicted octanol–water partition coefficient (Wildman–Crippen LogP) is 3.09. The lowest BCUT2D eigenvalue weighted by Crippen LogP contribution is -2.33. The Morgan fingerprint density at radius 3 is 2.24 bits per heavy atom. The highest BCUT2D eigenvalue weighted by molar-refractivity contribution is 5.74. The van der Waals surface area contributed by atoms with Crippen LogP contribution in [-0.4, -0.2) is 30.5 Å². The van der Waals surface area contributed by atoms with Gasteiger partial charge in [0.1, 0.15) is 6.61 Å². The summed E-state index contributed by atoms with van der Waals surface area (Å²) in [5.74, 6) is -1.01. The van der Waals surface area contributed by atoms with Crippen molar-refractivity contribution in [3.63, 3.8) is 0 Å². The fourth-order valence-corrected chi connectivity index (χ4v) is 1.37. The van der Waals surface area contributed by atoms with Gasteiger partial charge in [0, 0.05) is 6.61 Å². The number of halogens is 3. The van der Waals surface area contributed by atoms with Crippen molar-refractivity contribution in [1.29, 1.82) is 0 Å². The van der Waals surface area contributed by atoms with E-state index in [4.69, 9.17) is 5.11 Å². The Hall–Kier alpha value is -0.780. The van der Waals surface area contributed by atoms with E-state index in [0.29, 0.717) is 12.8 Å². The molecule has 0 aromatic heterocycles. The molecule has 0 aliphatic rings. The van der Waals surface area contributed by atoms with E-state index in [1.807, 2.05) is 0 Å². The first-order valence-electron chi connectivity index (χ1n) is 5.47. The maximum absolute atomic E-state index is 11.8. The van der Waals surface area contributed by atoms with Crippen LogP contribution < -0.4 is 0 Å². The van der Waals surface area contributed by atoms with Crippen LogP contribution in [0.2, 0.25) is 0 Å². The summed E-state index contributed by atoms with van der Waals surface area (Å²) in [6.07, 6.45) is -3.72. The number of ether oxygens (including phenoxy) is 1. The van der Waals surface area contributed by atoms with Gasteiger partial charge in [-0.3, -0.25) is 4.79 Å². The fourth-order valence-electron chi connectivity index (χ4n) is 1.37. The third kappa shape index (κ3) is 5.91. The Morgan fingerprint density at radius 2 is 1.88 bits per heavy atom. The van der Waals surface area contributed by atoms with Gasteiger partial charge in [-0.15, -0.1) is 0 Å². The number of hydrogen-bond acceptors (Lipinski definition) is 2. The van der Waals surface area contributed by atoms with E-state index in [1.165, 1.54) is 0 Å². The molecular weight excluding hydrogens is 237 g/mol. The SMILES string of the molecule is CC(C)C(C)(CCCOCC(F)(F)F)C(=O)O. The van der Waals surface area contributed by atoms with Crippen molar-refractivity contribution in [3.05, 3.63) is 0 Å². The summed E-state index contributed by atoms with van der Waals surface area (Å²) < 4.78 is 39.7. The first kappa shape index (κ1) is 16.2. The molecule has 0 rings (SSSR count). The van der Waals surface area contributed by atoms with E-state index >= 15 is 0 Å². The van der Waals surface area contributed by atoms with Crippen LogP contribution >= 0.6 is 0 Å². The van der Waals surface area contributed by atoms with Crippen LogP contribution in [0.4, 0.5) is 13.2 Å². The second kappa shape index (κ2) is 6.23. The highest BCUT2D eigenvalue weighted by atomic mass is 19.4. The summed E-state index contributed by atoms with van der Waals surface area (Å²) in [7, 11) is 0. The average molecular weight is 256 g/mol. The Bertz CT molecular complexity index is 251. The molecule has 0 fully saturated rings. The molecule has 102 valence electrons. The molecule has 0 aliphatic heterocycles. The Kier molecular flexibility index (Phi) is 5.95. The zero-order valence-corrected chi connectivity index (χ0v) is 10.3. The molecule has 0 amide bonds. The van der Waals surface area contributed by atoms with Crippen LogP contribution in [-0.2, 0) is 9.53 Å². The summed E-state index contributed by atoms with van der Waals surface area (Å²) in [5, 5.41) is 9.07. The standard InChI is InChI=1S/C11H19F3O3/c1-8(2)10(3,9(15)16)5-4-6-17-7-11(12,13)14/h8H,4-7H2,1-3H3,(H,15,16). The second-order valence-electron chi connectivity index (χ2n) is 4.65. The van der Waals surface area contributed by atoms with Gasteiger partial charge < -0.3 is 9.84 Å². The monoisotopic (exact) mass is 256 g/mol. The minimum atomic E-state index is -4.33. The van der Waals surface area contributed by atoms with E-state index in [-0.39, 0.29) is 12.5 Å². The second-order valence-corrected chi connectivity index (χ2v) is 4.65. The van der Waals surface area contributed by atoms with Crippen molar-refractivity contribution < 1.29 is 27.8 Å². The van der Waals surface area contributed by atoms with Crippen molar-refractivity contribution in [2.24, 2.45) is 11.3 Å². The maximum atomic E-state index is 11.8. The van der Waals surface area contributed by atoms with Gasteiger partial charge in [-0.05, 0) is 25.7 Å². The quantitative estimate of drug-likeness (QED) is 0.712. The molecule has 0 aliphatic carbocycles. The number of aliphatic carboxylic acids is 1. The van der Waals surface area contributed by atoms with E-state index < -0.39 is 24.2 Å². The molecule has 0 heterocycles. The molecular formula is C11H19F3O3. The molecule has 17 heavy (non-hydrogen) atoms. The molecule has 0 aromatic carbocycles. The topological polar surface area (TPSA) is 46.5 Å². The van der Waals surface area contributed by atoms with E-state index in [2.05, 4.69) is 4.74 Å². The number of alkyl halides is 3. The van der Waals surface area contributed by atoms with Crippen molar-refractivity contribution in [3.8, 4) is 0 Å². The van der Waals surface area contributed by atoms with Gasteiger partial charge in [0.05, 0.1) is 5.41 Å². The largest absolute Gasteiger partial charge is 0.481 e. The normalized spacial score (nSPS) is 15.9. The van der Waals surface area contributed by atoms with E-state index in [0.717, 1.165) is 0 Å². The number of carboxylic acids is 1. The van der Waals surface area contributed by atoms with Gasteiger partial charge in [-0.1, -0.05) is 13.8 Å². The third-order valence-electron chi connectivity index (χ3n) is 3.01. The molecule has 0 spiro atoms. The first-order chi connectivity index (χ1) is 7.59. The highest BCUT2D eigenvalue weighted by Gasteiger charge is 2.36. The van der Waals surface area contributed by atoms with E-state index in [9.17, 15) is 18.0 Å². The van der Waals surface area contributed by atoms with Crippen LogP contribution in [0.1, 0.15) is 33.6 Å². The lowest BCUT2D eigenvalue weighted by molar-refractivity contribution is -0.175. The number of carbonyl (C=O) groups is 1. The lowest BCUT2D eigenvalue weighted by atomic mass is 9.75. The van der Waals surface area contributed by atoms with Gasteiger partial charge in [0.2, 0.25) is 0 Å². The highest BCUT2D eigenvalue weighted by Crippen LogP contribution is 2.32. The van der Waals surface area contributed by atoms with Gasteiger partial charge in [-0.25, -0.2) is 0 Å². The van der Waals surface area contributed by atoms with Crippen LogP contribution in [0.5, 0.6) is 0 Å². The van der Waals surface area contributed by atoms with Crippen LogP contribution in [0, 0.1) is 11.3 Å². The fraction of sp³-hybridized carbons (Fsp3) is 0.909. The summed E-state index contributed by atoms with van der Waals surface area (Å²) in [4.78, 5) is 11.1. The molecule has 1 unspecified atom stereocenters. The third-order valence-corrected chi connectivity index (χ3v) is 3.01. The number of carboxylic acid groups (broad SMARTS) is 1. The van der Waals surface area contributed by atoms with E-state index in [1.54, 1.807) is 20.8 Å². The summed E-state index contributed by atoms with van der Waals surface area (Å²) in [6, 6.07) is 0. The summed E-state index contributed by atoms with van der Waals surface area (Å²) in [5.41, 5.74) is -0.915. The van der Waals surface area contributed by atoms with Gasteiger partial charge in [-0.2, -0.15) is 13.2 Å². The smallest absolute Gasteiger partial charge is 0.411 e. The van der Waals surface area contributed by atoms with Crippen molar-refractivity contribution in [1.82, 2.24) is 0 Å². The minimum absolute atomic E-state index is 0.0743. The Morgan fingerprint density at radius 1 is 1.35 bits per heavy atom. The molecule has 0 saturated carbocycles. The lowest BCUT2D eigenvalue weighted by Gasteiger charge is -2.28. The first-order valence-corrected chi connectivity index (χ1v) is 5.47. The van der Waals surface area contributed by atoms with Crippen molar-refractivity contribution in [2.75, 3.05) is 13.2 Å². The molecule has 0 saturated heterocycles. The zero-order valence-electron chi connectivity index (χ0n) is 10.3. The minimum Gasteiger partial charge on any atom is -0.481 e. The summed E-state index contributed by atoms with van der Waals surface area (Å²) in [6.45, 7) is 3.81. The molecule has 1 atom stereocenters. The molecule has 0 aromatic rings. The van der Waals surface area contributed by atoms with Crippen LogP contribution in [0.15, 0.2) is 0 Å². The molecule has 6 heteroatoms. The predicted molar refractivity (Wildman–Crippen MR) is 56.7 cm³/mol. The van der Waals surface area contributed by atoms with Gasteiger partial charge in [0.15, 0.2) is 0 Å². The molecule has 0 radical (unpaired) electrons. The molecule has 3 nitrogen and oxygen atoms in total. The number of rotatable bonds is 7. The Balaban J connectivity index is 3.98.